The van der Waals surface area contributed by atoms with Gasteiger partial charge in [-0.15, -0.1) is 0 Å². The number of carboxylic acid groups (broad SMARTS) is 3. The molecule has 4 N–H and O–H groups in total. The Morgan fingerprint density at radius 1 is 0.302 bits per heavy atom. The van der Waals surface area contributed by atoms with E-state index in [-0.39, 0.29) is 0 Å². The van der Waals surface area contributed by atoms with Crippen molar-refractivity contribution in [3.05, 3.63) is 243 Å². The number of hydrogen-bond acceptors (Lipinski definition) is 4. The Morgan fingerprint density at radius 3 is 0.556 bits per heavy atom. The van der Waals surface area contributed by atoms with Gasteiger partial charge < -0.3 is 20.4 Å². The third-order valence-corrected chi connectivity index (χ3v) is 20.5. The zero-order valence-corrected chi connectivity index (χ0v) is 36.5. The standard InChI is InChI=1S/2C24H21P.C6H8O7/c2*1-5-13-21(14-6-1)25(22-15-7-2-8-16-22,23-17-9-3-10-18-23)24-19-11-4-12-20-24;7-3(8)1-6(13,5(11)12)2-4(9)10/h2*1-20,25H;13H,1-2H2,(H,7,8)(H,9,10)(H,11,12). The number of carboxylic acids is 3. The Morgan fingerprint density at radius 2 is 0.444 bits per heavy atom. The van der Waals surface area contributed by atoms with Crippen LogP contribution in [0.25, 0.3) is 0 Å². The molecule has 0 bridgehead atoms. The van der Waals surface area contributed by atoms with Crippen molar-refractivity contribution in [2.24, 2.45) is 0 Å². The summed E-state index contributed by atoms with van der Waals surface area (Å²) in [5.41, 5.74) is -2.74. The van der Waals surface area contributed by atoms with E-state index >= 15 is 0 Å². The zero-order valence-electron chi connectivity index (χ0n) is 34.5. The Kier molecular flexibility index (Phi) is 15.7. The fourth-order valence-corrected chi connectivity index (χ4v) is 17.8. The van der Waals surface area contributed by atoms with Crippen molar-refractivity contribution in [2.75, 3.05) is 0 Å². The van der Waals surface area contributed by atoms with Gasteiger partial charge in [-0.3, -0.25) is 9.59 Å². The normalized spacial score (nSPS) is 11.6. The topological polar surface area (TPSA) is 132 Å². The van der Waals surface area contributed by atoms with E-state index in [0.717, 1.165) is 0 Å². The van der Waals surface area contributed by atoms with Gasteiger partial charge in [0.15, 0.2) is 5.60 Å². The van der Waals surface area contributed by atoms with E-state index in [2.05, 4.69) is 243 Å². The van der Waals surface area contributed by atoms with Gasteiger partial charge >= 0.3 is 318 Å². The number of carbonyl (C=O) groups is 3. The van der Waals surface area contributed by atoms with Crippen LogP contribution in [-0.4, -0.2) is 43.9 Å². The first kappa shape index (κ1) is 45.5. The zero-order chi connectivity index (χ0) is 44.5. The number of aliphatic hydroxyl groups is 1. The quantitative estimate of drug-likeness (QED) is 0.0936. The summed E-state index contributed by atoms with van der Waals surface area (Å²) in [6.45, 7) is 0. The van der Waals surface area contributed by atoms with Crippen molar-refractivity contribution >= 4 is 74.9 Å². The predicted octanol–water partition coefficient (Wildman–Crippen LogP) is 6.83. The van der Waals surface area contributed by atoms with Gasteiger partial charge in [-0.05, 0) is 0 Å². The molecular weight excluding hydrogens is 823 g/mol. The van der Waals surface area contributed by atoms with Crippen LogP contribution in [0.3, 0.4) is 0 Å². The first-order valence-corrected chi connectivity index (χ1v) is 24.5. The predicted molar refractivity (Wildman–Crippen MR) is 262 cm³/mol. The average Bonchev–Trinajstić information content (AvgIpc) is 3.32. The van der Waals surface area contributed by atoms with Crippen LogP contribution >= 0.6 is 14.5 Å². The molecule has 318 valence electrons. The van der Waals surface area contributed by atoms with Gasteiger partial charge in [0, 0.05) is 0 Å². The number of hydrogen-bond donors (Lipinski definition) is 4. The maximum atomic E-state index is 10.3. The third kappa shape index (κ3) is 10.5. The molecule has 0 aliphatic carbocycles. The van der Waals surface area contributed by atoms with Crippen molar-refractivity contribution in [3.8, 4) is 0 Å². The average molecular weight is 873 g/mol. The SMILES string of the molecule is O=C(O)CC(O)(CC(=O)O)C(=O)O.c1ccc([PH](c2ccccc2)(c2ccccc2)c2ccccc2)cc1.c1ccc([PH](c2ccccc2)(c2ccccc2)c2ccccc2)cc1. The molecule has 8 aromatic rings. The summed E-state index contributed by atoms with van der Waals surface area (Å²) in [7, 11) is -4.60. The molecule has 0 spiro atoms. The first-order chi connectivity index (χ1) is 30.6. The van der Waals surface area contributed by atoms with Crippen molar-refractivity contribution in [2.45, 2.75) is 18.4 Å². The molecule has 7 nitrogen and oxygen atoms in total. The molecule has 0 aromatic heterocycles. The molecule has 0 radical (unpaired) electrons. The third-order valence-electron chi connectivity index (χ3n) is 10.9. The Balaban J connectivity index is 0.000000166. The van der Waals surface area contributed by atoms with Gasteiger partial charge in [-0.1, -0.05) is 0 Å². The van der Waals surface area contributed by atoms with Crippen LogP contribution in [-0.2, 0) is 14.4 Å². The van der Waals surface area contributed by atoms with Gasteiger partial charge in [0.05, 0.1) is 12.8 Å². The van der Waals surface area contributed by atoms with Crippen molar-refractivity contribution in [1.29, 1.82) is 0 Å². The van der Waals surface area contributed by atoms with Crippen LogP contribution in [0.4, 0.5) is 0 Å². The van der Waals surface area contributed by atoms with Gasteiger partial charge in [0.2, 0.25) is 0 Å². The van der Waals surface area contributed by atoms with Gasteiger partial charge in [-0.2, -0.15) is 0 Å². The summed E-state index contributed by atoms with van der Waals surface area (Å²) in [6.07, 6.45) is -2.29. The fourth-order valence-electron chi connectivity index (χ4n) is 8.22. The molecule has 8 aromatic carbocycles. The fraction of sp³-hybridized carbons (Fsp3) is 0.0556. The van der Waals surface area contributed by atoms with Crippen molar-refractivity contribution in [1.82, 2.24) is 0 Å². The second-order valence-corrected chi connectivity index (χ2v) is 22.5. The van der Waals surface area contributed by atoms with Gasteiger partial charge in [0.25, 0.3) is 0 Å². The second kappa shape index (κ2) is 21.7. The monoisotopic (exact) mass is 872 g/mol. The van der Waals surface area contributed by atoms with Crippen LogP contribution in [0, 0.1) is 0 Å². The van der Waals surface area contributed by atoms with E-state index in [9.17, 15) is 14.4 Å². The van der Waals surface area contributed by atoms with Crippen molar-refractivity contribution < 1.29 is 34.8 Å². The van der Waals surface area contributed by atoms with Crippen LogP contribution in [0.2, 0.25) is 0 Å². The van der Waals surface area contributed by atoms with Crippen LogP contribution in [0.5, 0.6) is 0 Å². The van der Waals surface area contributed by atoms with E-state index in [1.54, 1.807) is 0 Å². The van der Waals surface area contributed by atoms with E-state index in [1.807, 2.05) is 0 Å². The molecule has 9 heteroatoms. The summed E-state index contributed by atoms with van der Waals surface area (Å²) >= 11 is 0. The molecule has 0 aliphatic heterocycles. The first-order valence-electron chi connectivity index (χ1n) is 20.5. The second-order valence-electron chi connectivity index (χ2n) is 14.9. The molecule has 0 fully saturated rings. The van der Waals surface area contributed by atoms with E-state index < -0.39 is 50.9 Å². The number of aliphatic carboxylic acids is 3. The minimum absolute atomic E-state index is 1.14. The molecule has 8 rings (SSSR count). The molecule has 0 saturated carbocycles. The van der Waals surface area contributed by atoms with Gasteiger partial charge in [-0.25, -0.2) is 4.79 Å². The Labute approximate surface area is 369 Å². The van der Waals surface area contributed by atoms with Crippen LogP contribution in [0.1, 0.15) is 12.8 Å². The molecule has 0 atom stereocenters. The molecule has 0 amide bonds. The molecular formula is C54H50O7P2. The number of rotatable bonds is 13. The maximum absolute atomic E-state index is 10.3. The molecule has 0 unspecified atom stereocenters. The van der Waals surface area contributed by atoms with Crippen LogP contribution in [0.15, 0.2) is 243 Å². The summed E-state index contributed by atoms with van der Waals surface area (Å²) < 4.78 is 0. The Bertz CT molecular complexity index is 2130. The summed E-state index contributed by atoms with van der Waals surface area (Å²) in [5.74, 6) is -5.02. The summed E-state index contributed by atoms with van der Waals surface area (Å²) in [5, 5.41) is 45.1. The molecule has 0 heterocycles. The summed E-state index contributed by atoms with van der Waals surface area (Å²) in [4.78, 5) is 30.5. The summed E-state index contributed by atoms with van der Waals surface area (Å²) in [6, 6.07) is 88.0. The molecule has 0 aliphatic rings. The Hall–Kier alpha value is -7.01. The van der Waals surface area contributed by atoms with Crippen molar-refractivity contribution in [3.63, 3.8) is 0 Å². The van der Waals surface area contributed by atoms with E-state index in [4.69, 9.17) is 20.4 Å². The molecule has 0 saturated heterocycles. The van der Waals surface area contributed by atoms with Crippen LogP contribution < -0.4 is 42.4 Å². The van der Waals surface area contributed by atoms with Gasteiger partial charge in [0.1, 0.15) is 0 Å². The number of benzene rings is 8. The minimum atomic E-state index is -2.74. The van der Waals surface area contributed by atoms with E-state index in [1.165, 1.54) is 42.4 Å². The van der Waals surface area contributed by atoms with E-state index in [0.29, 0.717) is 0 Å². The molecule has 63 heavy (non-hydrogen) atoms.